The molecular weight excluding hydrogens is 270 g/mol. The van der Waals surface area contributed by atoms with E-state index in [1.54, 1.807) is 20.8 Å². The molecule has 1 amide bonds. The highest BCUT2D eigenvalue weighted by molar-refractivity contribution is 5.81. The van der Waals surface area contributed by atoms with Gasteiger partial charge in [-0.05, 0) is 44.6 Å². The minimum Gasteiger partial charge on any atom is -0.480 e. The van der Waals surface area contributed by atoms with Crippen LogP contribution in [0.15, 0.2) is 30.3 Å². The molecule has 5 nitrogen and oxygen atoms in total. The van der Waals surface area contributed by atoms with Crippen molar-refractivity contribution >= 4 is 12.1 Å². The predicted octanol–water partition coefficient (Wildman–Crippen LogP) is 2.77. The maximum Gasteiger partial charge on any atom is 0.408 e. The lowest BCUT2D eigenvalue weighted by Crippen LogP contribution is -2.45. The molecule has 0 radical (unpaired) electrons. The average Bonchev–Trinajstić information content (AvgIpc) is 3.14. The summed E-state index contributed by atoms with van der Waals surface area (Å²) in [5.74, 6) is -0.927. The minimum atomic E-state index is -1.02. The Balaban J connectivity index is 1.99. The first-order chi connectivity index (χ1) is 9.78. The number of carbonyl (C=O) groups is 2. The van der Waals surface area contributed by atoms with Crippen LogP contribution in [-0.2, 0) is 9.53 Å². The molecule has 0 unspecified atom stereocenters. The predicted molar refractivity (Wildman–Crippen MR) is 78.1 cm³/mol. The molecule has 0 saturated heterocycles. The normalized spacial score (nSPS) is 22.2. The molecule has 21 heavy (non-hydrogen) atoms. The average molecular weight is 291 g/mol. The van der Waals surface area contributed by atoms with Gasteiger partial charge in [-0.3, -0.25) is 0 Å². The van der Waals surface area contributed by atoms with Gasteiger partial charge in [-0.15, -0.1) is 0 Å². The summed E-state index contributed by atoms with van der Waals surface area (Å²) < 4.78 is 5.12. The first-order valence-corrected chi connectivity index (χ1v) is 7.05. The van der Waals surface area contributed by atoms with Crippen LogP contribution in [0.5, 0.6) is 0 Å². The Bertz CT molecular complexity index is 521. The third kappa shape index (κ3) is 4.21. The van der Waals surface area contributed by atoms with E-state index < -0.39 is 23.7 Å². The number of carbonyl (C=O) groups excluding carboxylic acids is 1. The van der Waals surface area contributed by atoms with Crippen LogP contribution in [0.1, 0.15) is 38.7 Å². The highest BCUT2D eigenvalue weighted by Crippen LogP contribution is 2.49. The molecule has 1 aromatic rings. The fourth-order valence-corrected chi connectivity index (χ4v) is 2.45. The van der Waals surface area contributed by atoms with E-state index in [9.17, 15) is 14.7 Å². The van der Waals surface area contributed by atoms with Gasteiger partial charge in [-0.2, -0.15) is 0 Å². The number of alkyl carbamates (subject to hydrolysis) is 1. The standard InChI is InChI=1S/C16H21NO4/c1-16(2,3)21-15(20)17-13(14(18)19)12-9-11(12)10-7-5-4-6-8-10/h4-8,11-13H,9H2,1-3H3,(H,17,20)(H,18,19)/t11-,12-,13+/m0/s1. The van der Waals surface area contributed by atoms with Crippen molar-refractivity contribution in [2.24, 2.45) is 5.92 Å². The molecule has 114 valence electrons. The van der Waals surface area contributed by atoms with Gasteiger partial charge in [0.05, 0.1) is 0 Å². The van der Waals surface area contributed by atoms with Gasteiger partial charge in [0, 0.05) is 0 Å². The number of hydrogen-bond acceptors (Lipinski definition) is 3. The van der Waals surface area contributed by atoms with E-state index in [0.29, 0.717) is 0 Å². The minimum absolute atomic E-state index is 0.0857. The number of ether oxygens (including phenoxy) is 1. The Morgan fingerprint density at radius 1 is 1.29 bits per heavy atom. The van der Waals surface area contributed by atoms with Crippen LogP contribution in [0, 0.1) is 5.92 Å². The molecule has 3 atom stereocenters. The number of aliphatic carboxylic acids is 1. The summed E-state index contributed by atoms with van der Waals surface area (Å²) in [4.78, 5) is 23.1. The fraction of sp³-hybridized carbons (Fsp3) is 0.500. The monoisotopic (exact) mass is 291 g/mol. The van der Waals surface area contributed by atoms with Crippen molar-refractivity contribution in [3.8, 4) is 0 Å². The second-order valence-electron chi connectivity index (χ2n) is 6.38. The summed E-state index contributed by atoms with van der Waals surface area (Å²) >= 11 is 0. The van der Waals surface area contributed by atoms with Crippen molar-refractivity contribution in [2.45, 2.75) is 44.8 Å². The van der Waals surface area contributed by atoms with Gasteiger partial charge >= 0.3 is 12.1 Å². The molecule has 1 aliphatic carbocycles. The number of amides is 1. The van der Waals surface area contributed by atoms with Gasteiger partial charge in [-0.1, -0.05) is 30.3 Å². The molecule has 0 spiro atoms. The smallest absolute Gasteiger partial charge is 0.408 e. The molecule has 1 fully saturated rings. The SMILES string of the molecule is CC(C)(C)OC(=O)N[C@@H](C(=O)O)[C@H]1C[C@H]1c1ccccc1. The summed E-state index contributed by atoms with van der Waals surface area (Å²) in [7, 11) is 0. The van der Waals surface area contributed by atoms with Crippen LogP contribution in [0.25, 0.3) is 0 Å². The summed E-state index contributed by atoms with van der Waals surface area (Å²) in [6, 6.07) is 8.84. The van der Waals surface area contributed by atoms with Crippen LogP contribution in [0.3, 0.4) is 0 Å². The van der Waals surface area contributed by atoms with Crippen LogP contribution in [-0.4, -0.2) is 28.8 Å². The number of rotatable bonds is 4. The summed E-state index contributed by atoms with van der Waals surface area (Å²) in [5.41, 5.74) is 0.468. The molecule has 5 heteroatoms. The molecule has 2 rings (SSSR count). The zero-order valence-corrected chi connectivity index (χ0v) is 12.5. The van der Waals surface area contributed by atoms with Crippen molar-refractivity contribution in [3.63, 3.8) is 0 Å². The van der Waals surface area contributed by atoms with Gasteiger partial charge < -0.3 is 15.2 Å². The lowest BCUT2D eigenvalue weighted by Gasteiger charge is -2.22. The van der Waals surface area contributed by atoms with E-state index in [2.05, 4.69) is 5.32 Å². The van der Waals surface area contributed by atoms with Crippen LogP contribution >= 0.6 is 0 Å². The van der Waals surface area contributed by atoms with E-state index in [0.717, 1.165) is 12.0 Å². The van der Waals surface area contributed by atoms with Crippen molar-refractivity contribution in [1.29, 1.82) is 0 Å². The third-order valence-corrected chi connectivity index (χ3v) is 3.43. The molecule has 0 aliphatic heterocycles. The molecule has 1 aromatic carbocycles. The van der Waals surface area contributed by atoms with Gasteiger partial charge in [0.25, 0.3) is 0 Å². The maximum absolute atomic E-state index is 11.8. The van der Waals surface area contributed by atoms with Gasteiger partial charge in [-0.25, -0.2) is 9.59 Å². The largest absolute Gasteiger partial charge is 0.480 e. The number of hydrogen-bond donors (Lipinski definition) is 2. The highest BCUT2D eigenvalue weighted by atomic mass is 16.6. The maximum atomic E-state index is 11.8. The zero-order chi connectivity index (χ0) is 15.6. The van der Waals surface area contributed by atoms with Gasteiger partial charge in [0.1, 0.15) is 11.6 Å². The molecule has 1 aliphatic rings. The van der Waals surface area contributed by atoms with Crippen molar-refractivity contribution in [1.82, 2.24) is 5.32 Å². The third-order valence-electron chi connectivity index (χ3n) is 3.43. The van der Waals surface area contributed by atoms with E-state index in [1.807, 2.05) is 30.3 Å². The number of nitrogens with one attached hydrogen (secondary N) is 1. The number of benzene rings is 1. The number of carboxylic acids is 1. The Morgan fingerprint density at radius 3 is 2.43 bits per heavy atom. The van der Waals surface area contributed by atoms with E-state index >= 15 is 0 Å². The van der Waals surface area contributed by atoms with E-state index in [4.69, 9.17) is 4.74 Å². The zero-order valence-electron chi connectivity index (χ0n) is 12.5. The summed E-state index contributed by atoms with van der Waals surface area (Å²) in [6.45, 7) is 5.23. The first-order valence-electron chi connectivity index (χ1n) is 7.05. The van der Waals surface area contributed by atoms with Gasteiger partial charge in [0.15, 0.2) is 0 Å². The van der Waals surface area contributed by atoms with Crippen LogP contribution in [0.4, 0.5) is 4.79 Å². The Labute approximate surface area is 124 Å². The van der Waals surface area contributed by atoms with Crippen LogP contribution in [0.2, 0.25) is 0 Å². The van der Waals surface area contributed by atoms with E-state index in [-0.39, 0.29) is 11.8 Å². The highest BCUT2D eigenvalue weighted by Gasteiger charge is 2.48. The Morgan fingerprint density at radius 2 is 1.90 bits per heavy atom. The molecule has 0 bridgehead atoms. The molecule has 1 saturated carbocycles. The van der Waals surface area contributed by atoms with Gasteiger partial charge in [0.2, 0.25) is 0 Å². The molecule has 2 N–H and O–H groups in total. The Hall–Kier alpha value is -2.04. The molecule has 0 heterocycles. The number of carboxylic acid groups (broad SMARTS) is 1. The Kier molecular flexibility index (Phi) is 4.21. The molecular formula is C16H21NO4. The lowest BCUT2D eigenvalue weighted by molar-refractivity contribution is -0.140. The molecule has 0 aromatic heterocycles. The van der Waals surface area contributed by atoms with Crippen molar-refractivity contribution in [3.05, 3.63) is 35.9 Å². The topological polar surface area (TPSA) is 75.6 Å². The second-order valence-corrected chi connectivity index (χ2v) is 6.38. The summed E-state index contributed by atoms with van der Waals surface area (Å²) in [6.07, 6.45) is 0.0742. The van der Waals surface area contributed by atoms with Crippen molar-refractivity contribution in [2.75, 3.05) is 0 Å². The fourth-order valence-electron chi connectivity index (χ4n) is 2.45. The quantitative estimate of drug-likeness (QED) is 0.894. The van der Waals surface area contributed by atoms with E-state index in [1.165, 1.54) is 0 Å². The lowest BCUT2D eigenvalue weighted by atomic mass is 10.1. The summed E-state index contributed by atoms with van der Waals surface area (Å²) in [5, 5.41) is 11.8. The second kappa shape index (κ2) is 5.76. The van der Waals surface area contributed by atoms with Crippen molar-refractivity contribution < 1.29 is 19.4 Å². The van der Waals surface area contributed by atoms with Crippen LogP contribution < -0.4 is 5.32 Å². The first kappa shape index (κ1) is 15.4.